The minimum absolute atomic E-state index is 0.0614. The molecule has 0 aliphatic carbocycles. The van der Waals surface area contributed by atoms with Crippen LogP contribution in [0.2, 0.25) is 0 Å². The molecule has 0 saturated heterocycles. The number of rotatable bonds is 5. The molecule has 1 amide bonds. The Kier molecular flexibility index (Phi) is 5.91. The number of ether oxygens (including phenoxy) is 2. The van der Waals surface area contributed by atoms with Crippen molar-refractivity contribution in [1.29, 1.82) is 5.41 Å². The SMILES string of the molecule is CC(C)(C)OC(=O)NCC(=O)Oc1ccc(CC(=N)N)cc1. The molecule has 7 heteroatoms. The molecule has 22 heavy (non-hydrogen) atoms. The van der Waals surface area contributed by atoms with Gasteiger partial charge in [-0.1, -0.05) is 12.1 Å². The number of hydrogen-bond acceptors (Lipinski definition) is 5. The summed E-state index contributed by atoms with van der Waals surface area (Å²) in [6.07, 6.45) is -0.338. The number of hydrogen-bond donors (Lipinski definition) is 3. The summed E-state index contributed by atoms with van der Waals surface area (Å²) in [5, 5.41) is 9.51. The van der Waals surface area contributed by atoms with Gasteiger partial charge in [0.2, 0.25) is 0 Å². The summed E-state index contributed by atoms with van der Waals surface area (Å²) < 4.78 is 10.1. The van der Waals surface area contributed by atoms with Crippen molar-refractivity contribution in [3.05, 3.63) is 29.8 Å². The van der Waals surface area contributed by atoms with Gasteiger partial charge in [0.15, 0.2) is 0 Å². The molecule has 0 fully saturated rings. The van der Waals surface area contributed by atoms with E-state index in [1.807, 2.05) is 0 Å². The first kappa shape index (κ1) is 17.5. The fourth-order valence-corrected chi connectivity index (χ4v) is 1.52. The number of amidine groups is 1. The second-order valence-electron chi connectivity index (χ2n) is 5.68. The lowest BCUT2D eigenvalue weighted by Gasteiger charge is -2.19. The summed E-state index contributed by atoms with van der Waals surface area (Å²) in [6, 6.07) is 6.63. The van der Waals surface area contributed by atoms with Crippen LogP contribution in [0.1, 0.15) is 26.3 Å². The summed E-state index contributed by atoms with van der Waals surface area (Å²) in [5.41, 5.74) is 5.52. The summed E-state index contributed by atoms with van der Waals surface area (Å²) >= 11 is 0. The Hall–Kier alpha value is -2.57. The van der Waals surface area contributed by atoms with Crippen molar-refractivity contribution in [2.75, 3.05) is 6.54 Å². The van der Waals surface area contributed by atoms with Crippen LogP contribution in [-0.4, -0.2) is 30.0 Å². The van der Waals surface area contributed by atoms with Crippen molar-refractivity contribution in [2.45, 2.75) is 32.8 Å². The van der Waals surface area contributed by atoms with Crippen molar-refractivity contribution in [3.8, 4) is 5.75 Å². The van der Waals surface area contributed by atoms with Crippen LogP contribution < -0.4 is 15.8 Å². The van der Waals surface area contributed by atoms with Crippen LogP contribution in [0.4, 0.5) is 4.79 Å². The first-order valence-corrected chi connectivity index (χ1v) is 6.75. The molecule has 1 rings (SSSR count). The molecule has 120 valence electrons. The van der Waals surface area contributed by atoms with E-state index < -0.39 is 17.7 Å². The van der Waals surface area contributed by atoms with Gasteiger partial charge in [-0.3, -0.25) is 5.41 Å². The van der Waals surface area contributed by atoms with E-state index in [4.69, 9.17) is 20.6 Å². The van der Waals surface area contributed by atoms with Gasteiger partial charge >= 0.3 is 12.1 Å². The standard InChI is InChI=1S/C15H21N3O4/c1-15(2,3)22-14(20)18-9-13(19)21-11-6-4-10(5-7-11)8-12(16)17/h4-7H,8-9H2,1-3H3,(H3,16,17)(H,18,20). The van der Waals surface area contributed by atoms with E-state index in [1.165, 1.54) is 0 Å². The number of carbonyl (C=O) groups excluding carboxylic acids is 2. The van der Waals surface area contributed by atoms with E-state index in [1.54, 1.807) is 45.0 Å². The van der Waals surface area contributed by atoms with E-state index in [2.05, 4.69) is 5.32 Å². The fourth-order valence-electron chi connectivity index (χ4n) is 1.52. The average molecular weight is 307 g/mol. The van der Waals surface area contributed by atoms with Gasteiger partial charge in [-0.25, -0.2) is 9.59 Å². The topological polar surface area (TPSA) is 114 Å². The lowest BCUT2D eigenvalue weighted by atomic mass is 10.1. The van der Waals surface area contributed by atoms with Gasteiger partial charge in [-0.2, -0.15) is 0 Å². The van der Waals surface area contributed by atoms with Crippen LogP contribution in [0, 0.1) is 5.41 Å². The molecule has 0 unspecified atom stereocenters. The Morgan fingerprint density at radius 1 is 1.23 bits per heavy atom. The van der Waals surface area contributed by atoms with E-state index in [-0.39, 0.29) is 12.4 Å². The lowest BCUT2D eigenvalue weighted by molar-refractivity contribution is -0.133. The Labute approximate surface area is 129 Å². The highest BCUT2D eigenvalue weighted by molar-refractivity contribution is 5.80. The van der Waals surface area contributed by atoms with Gasteiger partial charge in [0.1, 0.15) is 17.9 Å². The summed E-state index contributed by atoms with van der Waals surface area (Å²) in [4.78, 5) is 23.0. The third kappa shape index (κ3) is 7.28. The smallest absolute Gasteiger partial charge is 0.408 e. The fraction of sp³-hybridized carbons (Fsp3) is 0.400. The first-order valence-electron chi connectivity index (χ1n) is 6.75. The number of benzene rings is 1. The zero-order chi connectivity index (χ0) is 16.8. The van der Waals surface area contributed by atoms with Gasteiger partial charge in [-0.05, 0) is 38.5 Å². The number of nitrogens with one attached hydrogen (secondary N) is 2. The van der Waals surface area contributed by atoms with Gasteiger partial charge in [-0.15, -0.1) is 0 Å². The second-order valence-corrected chi connectivity index (χ2v) is 5.68. The molecule has 0 spiro atoms. The molecular formula is C15H21N3O4. The first-order chi connectivity index (χ1) is 10.2. The summed E-state index contributed by atoms with van der Waals surface area (Å²) in [5.74, 6) is -0.195. The Morgan fingerprint density at radius 2 is 1.82 bits per heavy atom. The van der Waals surface area contributed by atoms with Crippen molar-refractivity contribution < 1.29 is 19.1 Å². The average Bonchev–Trinajstić information content (AvgIpc) is 2.36. The van der Waals surface area contributed by atoms with E-state index in [0.717, 1.165) is 5.56 Å². The number of amides is 1. The highest BCUT2D eigenvalue weighted by Gasteiger charge is 2.17. The molecular weight excluding hydrogens is 286 g/mol. The zero-order valence-corrected chi connectivity index (χ0v) is 12.9. The van der Waals surface area contributed by atoms with Crippen molar-refractivity contribution in [3.63, 3.8) is 0 Å². The van der Waals surface area contributed by atoms with Crippen molar-refractivity contribution in [1.82, 2.24) is 5.32 Å². The van der Waals surface area contributed by atoms with Crippen LogP contribution in [0.25, 0.3) is 0 Å². The molecule has 7 nitrogen and oxygen atoms in total. The summed E-state index contributed by atoms with van der Waals surface area (Å²) in [6.45, 7) is 4.90. The van der Waals surface area contributed by atoms with Crippen LogP contribution in [0.3, 0.4) is 0 Å². The Morgan fingerprint density at radius 3 is 2.32 bits per heavy atom. The number of esters is 1. The van der Waals surface area contributed by atoms with Crippen molar-refractivity contribution in [2.24, 2.45) is 5.73 Å². The molecule has 0 aromatic heterocycles. The quantitative estimate of drug-likeness (QED) is 0.331. The third-order valence-corrected chi connectivity index (χ3v) is 2.33. The minimum Gasteiger partial charge on any atom is -0.444 e. The molecule has 0 saturated carbocycles. The summed E-state index contributed by atoms with van der Waals surface area (Å²) in [7, 11) is 0. The molecule has 1 aromatic rings. The van der Waals surface area contributed by atoms with Gasteiger partial charge < -0.3 is 20.5 Å². The van der Waals surface area contributed by atoms with E-state index >= 15 is 0 Å². The minimum atomic E-state index is -0.679. The molecule has 1 aromatic carbocycles. The lowest BCUT2D eigenvalue weighted by Crippen LogP contribution is -2.36. The zero-order valence-electron chi connectivity index (χ0n) is 12.9. The Bertz CT molecular complexity index is 547. The molecule has 0 heterocycles. The second kappa shape index (κ2) is 7.44. The van der Waals surface area contributed by atoms with E-state index in [0.29, 0.717) is 12.2 Å². The number of carbonyl (C=O) groups is 2. The monoisotopic (exact) mass is 307 g/mol. The van der Waals surface area contributed by atoms with E-state index in [9.17, 15) is 9.59 Å². The van der Waals surface area contributed by atoms with Crippen LogP contribution in [-0.2, 0) is 16.0 Å². The molecule has 0 atom stereocenters. The highest BCUT2D eigenvalue weighted by Crippen LogP contribution is 2.12. The maximum Gasteiger partial charge on any atom is 0.408 e. The van der Waals surface area contributed by atoms with Gasteiger partial charge in [0, 0.05) is 6.42 Å². The van der Waals surface area contributed by atoms with Crippen LogP contribution >= 0.6 is 0 Å². The maximum absolute atomic E-state index is 11.6. The predicted octanol–water partition coefficient (Wildman–Crippen LogP) is 1.60. The molecule has 0 radical (unpaired) electrons. The number of nitrogens with two attached hydrogens (primary N) is 1. The Balaban J connectivity index is 2.42. The normalized spacial score (nSPS) is 10.7. The van der Waals surface area contributed by atoms with Crippen molar-refractivity contribution >= 4 is 17.9 Å². The molecule has 4 N–H and O–H groups in total. The van der Waals surface area contributed by atoms with Crippen LogP contribution in [0.5, 0.6) is 5.75 Å². The number of alkyl carbamates (subject to hydrolysis) is 1. The third-order valence-electron chi connectivity index (χ3n) is 2.33. The molecule has 0 aliphatic rings. The molecule has 0 aliphatic heterocycles. The maximum atomic E-state index is 11.6. The van der Waals surface area contributed by atoms with Gasteiger partial charge in [0.25, 0.3) is 0 Å². The predicted molar refractivity (Wildman–Crippen MR) is 81.9 cm³/mol. The van der Waals surface area contributed by atoms with Crippen LogP contribution in [0.15, 0.2) is 24.3 Å². The van der Waals surface area contributed by atoms with Gasteiger partial charge in [0.05, 0.1) is 5.84 Å². The highest BCUT2D eigenvalue weighted by atomic mass is 16.6. The molecule has 0 bridgehead atoms. The largest absolute Gasteiger partial charge is 0.444 e.